The molecular weight excluding hydrogens is 413 g/mol. The second kappa shape index (κ2) is 8.65. The van der Waals surface area contributed by atoms with E-state index in [2.05, 4.69) is 37.2 Å². The van der Waals surface area contributed by atoms with Crippen LogP contribution in [-0.2, 0) is 13.0 Å². The minimum Gasteiger partial charge on any atom is -0.492 e. The van der Waals surface area contributed by atoms with E-state index in [4.69, 9.17) is 4.74 Å². The number of hydrogen-bond acceptors (Lipinski definition) is 2. The van der Waals surface area contributed by atoms with E-state index < -0.39 is 0 Å². The molecule has 2 rings (SSSR count). The molecule has 0 aromatic heterocycles. The van der Waals surface area contributed by atoms with E-state index in [1.165, 1.54) is 6.07 Å². The fourth-order valence-corrected chi connectivity index (χ4v) is 3.66. The molecule has 5 heteroatoms. The molecule has 0 unspecified atom stereocenters. The number of benzene rings is 2. The van der Waals surface area contributed by atoms with Crippen LogP contribution in [0.5, 0.6) is 5.75 Å². The molecular formula is C17H18Br2FNO. The van der Waals surface area contributed by atoms with Crippen LogP contribution < -0.4 is 10.1 Å². The van der Waals surface area contributed by atoms with E-state index in [-0.39, 0.29) is 5.82 Å². The van der Waals surface area contributed by atoms with Gasteiger partial charge in [-0.1, -0.05) is 18.2 Å². The number of ether oxygens (including phenoxy) is 1. The van der Waals surface area contributed by atoms with Gasteiger partial charge in [-0.2, -0.15) is 0 Å². The monoisotopic (exact) mass is 429 g/mol. The van der Waals surface area contributed by atoms with Crippen LogP contribution in [0.25, 0.3) is 0 Å². The van der Waals surface area contributed by atoms with Crippen LogP contribution in [0.15, 0.2) is 45.3 Å². The second-order valence-electron chi connectivity index (χ2n) is 4.84. The van der Waals surface area contributed by atoms with Gasteiger partial charge in [0.25, 0.3) is 0 Å². The Kier molecular flexibility index (Phi) is 6.86. The summed E-state index contributed by atoms with van der Waals surface area (Å²) in [4.78, 5) is 0. The molecule has 2 aromatic carbocycles. The van der Waals surface area contributed by atoms with Gasteiger partial charge < -0.3 is 10.1 Å². The third kappa shape index (κ3) is 4.80. The van der Waals surface area contributed by atoms with Crippen molar-refractivity contribution in [1.82, 2.24) is 5.32 Å². The van der Waals surface area contributed by atoms with Gasteiger partial charge in [0.2, 0.25) is 0 Å². The van der Waals surface area contributed by atoms with Gasteiger partial charge in [0.1, 0.15) is 11.6 Å². The zero-order valence-electron chi connectivity index (χ0n) is 12.3. The number of nitrogens with one attached hydrogen (secondary N) is 1. The predicted molar refractivity (Wildman–Crippen MR) is 94.8 cm³/mol. The Morgan fingerprint density at radius 3 is 2.45 bits per heavy atom. The van der Waals surface area contributed by atoms with Gasteiger partial charge in [-0.05, 0) is 81.1 Å². The molecule has 0 spiro atoms. The van der Waals surface area contributed by atoms with E-state index in [0.717, 1.165) is 38.9 Å². The smallest absolute Gasteiger partial charge is 0.147 e. The minimum absolute atomic E-state index is 0.143. The lowest BCUT2D eigenvalue weighted by Gasteiger charge is -2.11. The normalized spacial score (nSPS) is 10.7. The Morgan fingerprint density at radius 2 is 1.82 bits per heavy atom. The molecule has 22 heavy (non-hydrogen) atoms. The summed E-state index contributed by atoms with van der Waals surface area (Å²) in [7, 11) is 0. The van der Waals surface area contributed by atoms with Gasteiger partial charge in [0.05, 0.1) is 15.6 Å². The molecule has 0 aliphatic heterocycles. The third-order valence-electron chi connectivity index (χ3n) is 3.20. The lowest BCUT2D eigenvalue weighted by Crippen LogP contribution is -2.17. The summed E-state index contributed by atoms with van der Waals surface area (Å²) in [5.41, 5.74) is 1.87. The molecule has 0 heterocycles. The van der Waals surface area contributed by atoms with E-state index in [0.29, 0.717) is 13.0 Å². The van der Waals surface area contributed by atoms with E-state index in [1.54, 1.807) is 6.07 Å². The largest absolute Gasteiger partial charge is 0.492 e. The Hall–Kier alpha value is -0.910. The summed E-state index contributed by atoms with van der Waals surface area (Å²) < 4.78 is 20.9. The topological polar surface area (TPSA) is 21.3 Å². The molecule has 0 atom stereocenters. The fraction of sp³-hybridized carbons (Fsp3) is 0.294. The standard InChI is InChI=1S/C17H18Br2FNO/c1-2-22-17-14(18)9-12(10-15(17)19)11-21-8-7-13-5-3-4-6-16(13)20/h3-6,9-10,21H,2,7-8,11H2,1H3. The number of halogens is 3. The highest BCUT2D eigenvalue weighted by Gasteiger charge is 2.08. The number of rotatable bonds is 7. The summed E-state index contributed by atoms with van der Waals surface area (Å²) in [6.07, 6.45) is 0.673. The van der Waals surface area contributed by atoms with Crippen molar-refractivity contribution in [1.29, 1.82) is 0 Å². The lowest BCUT2D eigenvalue weighted by atomic mass is 10.1. The first-order valence-electron chi connectivity index (χ1n) is 7.16. The van der Waals surface area contributed by atoms with Gasteiger partial charge >= 0.3 is 0 Å². The van der Waals surface area contributed by atoms with Crippen molar-refractivity contribution in [2.24, 2.45) is 0 Å². The molecule has 0 amide bonds. The second-order valence-corrected chi connectivity index (χ2v) is 6.55. The highest BCUT2D eigenvalue weighted by atomic mass is 79.9. The van der Waals surface area contributed by atoms with Crippen LogP contribution in [0.2, 0.25) is 0 Å². The maximum Gasteiger partial charge on any atom is 0.147 e. The van der Waals surface area contributed by atoms with Gasteiger partial charge in [-0.3, -0.25) is 0 Å². The van der Waals surface area contributed by atoms with Crippen LogP contribution in [0.4, 0.5) is 4.39 Å². The maximum absolute atomic E-state index is 13.5. The summed E-state index contributed by atoms with van der Waals surface area (Å²) in [5, 5.41) is 3.33. The van der Waals surface area contributed by atoms with Crippen molar-refractivity contribution >= 4 is 31.9 Å². The van der Waals surface area contributed by atoms with Crippen LogP contribution >= 0.6 is 31.9 Å². The summed E-state index contributed by atoms with van der Waals surface area (Å²) in [6, 6.07) is 11.0. The molecule has 2 nitrogen and oxygen atoms in total. The Morgan fingerprint density at radius 1 is 1.14 bits per heavy atom. The zero-order valence-corrected chi connectivity index (χ0v) is 15.5. The van der Waals surface area contributed by atoms with Crippen LogP contribution in [0.1, 0.15) is 18.1 Å². The van der Waals surface area contributed by atoms with E-state index in [1.807, 2.05) is 31.2 Å². The molecule has 0 aliphatic rings. The van der Waals surface area contributed by atoms with Gasteiger partial charge in [0.15, 0.2) is 0 Å². The third-order valence-corrected chi connectivity index (χ3v) is 4.38. The van der Waals surface area contributed by atoms with Crippen molar-refractivity contribution in [3.63, 3.8) is 0 Å². The van der Waals surface area contributed by atoms with Crippen LogP contribution in [-0.4, -0.2) is 13.2 Å². The molecule has 2 aromatic rings. The van der Waals surface area contributed by atoms with Gasteiger partial charge in [-0.15, -0.1) is 0 Å². The predicted octanol–water partition coefficient (Wildman–Crippen LogP) is 5.08. The molecule has 0 bridgehead atoms. The summed E-state index contributed by atoms with van der Waals surface area (Å²) in [6.45, 7) is 4.02. The lowest BCUT2D eigenvalue weighted by molar-refractivity contribution is 0.336. The average molecular weight is 431 g/mol. The van der Waals surface area contributed by atoms with Crippen molar-refractivity contribution in [3.8, 4) is 5.75 Å². The Balaban J connectivity index is 1.88. The zero-order chi connectivity index (χ0) is 15.9. The molecule has 1 N–H and O–H groups in total. The van der Waals surface area contributed by atoms with E-state index in [9.17, 15) is 4.39 Å². The van der Waals surface area contributed by atoms with Crippen molar-refractivity contribution in [3.05, 3.63) is 62.3 Å². The molecule has 0 saturated heterocycles. The fourth-order valence-electron chi connectivity index (χ4n) is 2.15. The number of hydrogen-bond donors (Lipinski definition) is 1. The van der Waals surface area contributed by atoms with E-state index >= 15 is 0 Å². The minimum atomic E-state index is -0.143. The molecule has 118 valence electrons. The molecule has 0 aliphatic carbocycles. The van der Waals surface area contributed by atoms with Crippen molar-refractivity contribution in [2.75, 3.05) is 13.2 Å². The highest BCUT2D eigenvalue weighted by Crippen LogP contribution is 2.34. The first kappa shape index (κ1) is 17.4. The molecule has 0 saturated carbocycles. The first-order chi connectivity index (χ1) is 10.6. The molecule has 0 fully saturated rings. The molecule has 0 radical (unpaired) electrons. The Bertz CT molecular complexity index is 611. The van der Waals surface area contributed by atoms with Crippen molar-refractivity contribution < 1.29 is 9.13 Å². The highest BCUT2D eigenvalue weighted by molar-refractivity contribution is 9.11. The van der Waals surface area contributed by atoms with Crippen LogP contribution in [0, 0.1) is 5.82 Å². The quantitative estimate of drug-likeness (QED) is 0.618. The van der Waals surface area contributed by atoms with Gasteiger partial charge in [0, 0.05) is 6.54 Å². The average Bonchev–Trinajstić information content (AvgIpc) is 2.49. The summed E-state index contributed by atoms with van der Waals surface area (Å²) >= 11 is 7.04. The van der Waals surface area contributed by atoms with Crippen LogP contribution in [0.3, 0.4) is 0 Å². The first-order valence-corrected chi connectivity index (χ1v) is 8.75. The summed E-state index contributed by atoms with van der Waals surface area (Å²) in [5.74, 6) is 0.675. The Labute approximate surface area is 147 Å². The SMILES string of the molecule is CCOc1c(Br)cc(CNCCc2ccccc2F)cc1Br. The van der Waals surface area contributed by atoms with Crippen molar-refractivity contribution in [2.45, 2.75) is 19.9 Å². The van der Waals surface area contributed by atoms with Gasteiger partial charge in [-0.25, -0.2) is 4.39 Å². The maximum atomic E-state index is 13.5.